The fourth-order valence-electron chi connectivity index (χ4n) is 5.93. The van der Waals surface area contributed by atoms with Gasteiger partial charge in [-0.25, -0.2) is 4.39 Å². The molecule has 4 aromatic carbocycles. The van der Waals surface area contributed by atoms with Gasteiger partial charge in [-0.15, -0.1) is 0 Å². The van der Waals surface area contributed by atoms with Crippen molar-refractivity contribution in [2.75, 3.05) is 13.1 Å². The van der Waals surface area contributed by atoms with Gasteiger partial charge in [0.1, 0.15) is 11.9 Å². The molecular weight excluding hydrogens is 629 g/mol. The molecule has 0 radical (unpaired) electrons. The van der Waals surface area contributed by atoms with Crippen LogP contribution in [0, 0.1) is 5.82 Å². The largest absolute Gasteiger partial charge is 0.370 e. The van der Waals surface area contributed by atoms with E-state index in [2.05, 4.69) is 25.5 Å². The van der Waals surface area contributed by atoms with E-state index in [4.69, 9.17) is 11.5 Å². The van der Waals surface area contributed by atoms with E-state index in [9.17, 15) is 14.0 Å². The van der Waals surface area contributed by atoms with Crippen molar-refractivity contribution >= 4 is 28.5 Å². The molecule has 0 saturated carbocycles. The molecule has 2 atom stereocenters. The Morgan fingerprint density at radius 1 is 0.840 bits per heavy atom. The predicted octanol–water partition coefficient (Wildman–Crippen LogP) is 5.65. The Bertz CT molecular complexity index is 1870. The van der Waals surface area contributed by atoms with E-state index in [1.165, 1.54) is 12.1 Å². The van der Waals surface area contributed by atoms with Crippen molar-refractivity contribution in [2.45, 2.75) is 51.4 Å². The normalized spacial score (nSPS) is 12.3. The summed E-state index contributed by atoms with van der Waals surface area (Å²) >= 11 is 0. The van der Waals surface area contributed by atoms with Gasteiger partial charge in [0, 0.05) is 50.1 Å². The number of carbonyl (C=O) groups excluding carboxylic acids is 2. The van der Waals surface area contributed by atoms with Gasteiger partial charge < -0.3 is 22.1 Å². The second-order valence-corrected chi connectivity index (χ2v) is 12.4. The van der Waals surface area contributed by atoms with Crippen LogP contribution in [0.4, 0.5) is 4.39 Å². The number of hydrogen-bond donors (Lipinski definition) is 4. The van der Waals surface area contributed by atoms with Gasteiger partial charge in [-0.1, -0.05) is 72.8 Å². The lowest BCUT2D eigenvalue weighted by atomic mass is 9.99. The molecule has 0 bridgehead atoms. The monoisotopic (exact) mass is 673 g/mol. The number of pyridine rings is 1. The van der Waals surface area contributed by atoms with E-state index in [-0.39, 0.29) is 29.6 Å². The number of nitrogens with zero attached hydrogens (tertiary/aromatic N) is 3. The first kappa shape index (κ1) is 35.7. The molecule has 1 heterocycles. The Balaban J connectivity index is 1.25. The zero-order chi connectivity index (χ0) is 35.3. The Morgan fingerprint density at radius 3 is 2.22 bits per heavy atom. The number of aliphatic imine (C=N–C) groups is 1. The average molecular weight is 674 g/mol. The summed E-state index contributed by atoms with van der Waals surface area (Å²) in [6.07, 6.45) is 3.39. The minimum atomic E-state index is -0.799. The number of amides is 2. The minimum absolute atomic E-state index is 0.0207. The summed E-state index contributed by atoms with van der Waals surface area (Å²) in [7, 11) is 0. The van der Waals surface area contributed by atoms with Crippen molar-refractivity contribution in [3.63, 3.8) is 0 Å². The van der Waals surface area contributed by atoms with E-state index in [1.807, 2.05) is 79.7 Å². The van der Waals surface area contributed by atoms with E-state index in [0.717, 1.165) is 46.1 Å². The number of halogens is 1. The topological polar surface area (TPSA) is 139 Å². The molecule has 2 amide bonds. The Morgan fingerprint density at radius 2 is 1.52 bits per heavy atom. The van der Waals surface area contributed by atoms with Crippen LogP contribution >= 0.6 is 0 Å². The van der Waals surface area contributed by atoms with Crippen LogP contribution in [0.2, 0.25) is 0 Å². The maximum Gasteiger partial charge on any atom is 0.251 e. The lowest BCUT2D eigenvalue weighted by molar-refractivity contribution is -0.123. The molecule has 0 aliphatic carbocycles. The van der Waals surface area contributed by atoms with Crippen molar-refractivity contribution in [3.8, 4) is 0 Å². The molecule has 258 valence electrons. The van der Waals surface area contributed by atoms with Crippen LogP contribution in [0.15, 0.2) is 120 Å². The maximum absolute atomic E-state index is 13.6. The van der Waals surface area contributed by atoms with Crippen LogP contribution in [0.25, 0.3) is 10.8 Å². The molecule has 9 nitrogen and oxygen atoms in total. The first-order valence-corrected chi connectivity index (χ1v) is 16.8. The number of rotatable bonds is 16. The van der Waals surface area contributed by atoms with E-state index >= 15 is 0 Å². The summed E-state index contributed by atoms with van der Waals surface area (Å²) in [5.74, 6) is -0.928. The van der Waals surface area contributed by atoms with Gasteiger partial charge in [0.2, 0.25) is 5.91 Å². The first-order chi connectivity index (χ1) is 24.2. The zero-order valence-corrected chi connectivity index (χ0v) is 28.3. The van der Waals surface area contributed by atoms with Gasteiger partial charge in [-0.3, -0.25) is 24.5 Å². The third-order valence-electron chi connectivity index (χ3n) is 8.57. The smallest absolute Gasteiger partial charge is 0.251 e. The molecule has 50 heavy (non-hydrogen) atoms. The fraction of sp³-hybridized carbons (Fsp3) is 0.250. The molecule has 5 rings (SSSR count). The molecule has 6 N–H and O–H groups in total. The van der Waals surface area contributed by atoms with Crippen LogP contribution < -0.4 is 22.1 Å². The van der Waals surface area contributed by atoms with Crippen molar-refractivity contribution in [3.05, 3.63) is 149 Å². The van der Waals surface area contributed by atoms with Gasteiger partial charge in [0.05, 0.1) is 6.04 Å². The zero-order valence-electron chi connectivity index (χ0n) is 28.3. The molecule has 0 spiro atoms. The second kappa shape index (κ2) is 17.7. The molecule has 0 unspecified atom stereocenters. The number of fused-ring (bicyclic) bond motifs is 1. The minimum Gasteiger partial charge on any atom is -0.370 e. The Kier molecular flexibility index (Phi) is 12.6. The van der Waals surface area contributed by atoms with Gasteiger partial charge in [-0.2, -0.15) is 0 Å². The summed E-state index contributed by atoms with van der Waals surface area (Å²) in [6, 6.07) is 32.7. The highest BCUT2D eigenvalue weighted by molar-refractivity contribution is 5.97. The Hall–Kier alpha value is -5.61. The summed E-state index contributed by atoms with van der Waals surface area (Å²) in [5, 5.41) is 8.19. The number of carbonyl (C=O) groups is 2. The summed E-state index contributed by atoms with van der Waals surface area (Å²) in [5.41, 5.74) is 15.4. The van der Waals surface area contributed by atoms with Crippen molar-refractivity contribution in [1.82, 2.24) is 20.5 Å². The third kappa shape index (κ3) is 10.4. The van der Waals surface area contributed by atoms with Crippen LogP contribution in [-0.2, 0) is 24.3 Å². The lowest BCUT2D eigenvalue weighted by Crippen LogP contribution is -2.47. The van der Waals surface area contributed by atoms with Crippen LogP contribution in [0.5, 0.6) is 0 Å². The van der Waals surface area contributed by atoms with Gasteiger partial charge >= 0.3 is 0 Å². The van der Waals surface area contributed by atoms with E-state index < -0.39 is 6.04 Å². The summed E-state index contributed by atoms with van der Waals surface area (Å²) in [6.45, 7) is 4.26. The first-order valence-electron chi connectivity index (χ1n) is 16.8. The van der Waals surface area contributed by atoms with E-state index in [1.54, 1.807) is 30.5 Å². The van der Waals surface area contributed by atoms with Gasteiger partial charge in [-0.05, 0) is 83.6 Å². The number of nitrogens with one attached hydrogen (secondary N) is 2. The third-order valence-corrected chi connectivity index (χ3v) is 8.57. The second-order valence-electron chi connectivity index (χ2n) is 12.4. The standard InChI is InChI=1S/C40H44FN7O2/c1-28(35-12-6-9-31-8-2-3-11-36(31)35)46-39(50)37(13-7-24-45-40(42)43)47-38(49)32-18-14-29(15-19-32)26-48(25-22-34-10-4-5-23-44-34)27-30-16-20-33(41)21-17-30/h2-6,8-12,14-21,23,28,37H,7,13,22,24-27H2,1H3,(H,46,50)(H,47,49)(H4,42,43,45)/t28-,37+/m1/s1. The molecule has 5 aromatic rings. The quantitative estimate of drug-likeness (QED) is 0.0607. The Labute approximate surface area is 292 Å². The highest BCUT2D eigenvalue weighted by Crippen LogP contribution is 2.24. The van der Waals surface area contributed by atoms with Gasteiger partial charge in [0.15, 0.2) is 5.96 Å². The number of hydrogen-bond acceptors (Lipinski definition) is 5. The van der Waals surface area contributed by atoms with Gasteiger partial charge in [0.25, 0.3) is 5.91 Å². The molecule has 1 aromatic heterocycles. The molecule has 0 saturated heterocycles. The summed E-state index contributed by atoms with van der Waals surface area (Å²) in [4.78, 5) is 37.9. The van der Waals surface area contributed by atoms with Crippen LogP contribution in [0.3, 0.4) is 0 Å². The molecule has 10 heteroatoms. The van der Waals surface area contributed by atoms with Crippen LogP contribution in [0.1, 0.15) is 58.5 Å². The van der Waals surface area contributed by atoms with Crippen molar-refractivity contribution < 1.29 is 14.0 Å². The van der Waals surface area contributed by atoms with Crippen LogP contribution in [-0.4, -0.2) is 46.8 Å². The number of guanidine groups is 1. The lowest BCUT2D eigenvalue weighted by Gasteiger charge is -2.23. The molecule has 0 aliphatic heterocycles. The average Bonchev–Trinajstić information content (AvgIpc) is 3.13. The highest BCUT2D eigenvalue weighted by Gasteiger charge is 2.24. The van der Waals surface area contributed by atoms with E-state index in [0.29, 0.717) is 38.0 Å². The number of benzene rings is 4. The molecular formula is C40H44FN7O2. The van der Waals surface area contributed by atoms with Crippen molar-refractivity contribution in [1.29, 1.82) is 0 Å². The predicted molar refractivity (Wildman–Crippen MR) is 197 cm³/mol. The number of aromatic nitrogens is 1. The maximum atomic E-state index is 13.6. The van der Waals surface area contributed by atoms with Crippen molar-refractivity contribution in [2.24, 2.45) is 16.5 Å². The summed E-state index contributed by atoms with van der Waals surface area (Å²) < 4.78 is 13.6. The molecule has 0 aliphatic rings. The fourth-order valence-corrected chi connectivity index (χ4v) is 5.93. The SMILES string of the molecule is C[C@@H](NC(=O)[C@H](CCCN=C(N)N)NC(=O)c1ccc(CN(CCc2ccccn2)Cc2ccc(F)cc2)cc1)c1cccc2ccccc12. The number of nitrogens with two attached hydrogens (primary N) is 2. The molecule has 0 fully saturated rings. The highest BCUT2D eigenvalue weighted by atomic mass is 19.1.